The van der Waals surface area contributed by atoms with Crippen molar-refractivity contribution in [2.75, 3.05) is 19.5 Å². The Morgan fingerprint density at radius 2 is 1.39 bits per heavy atom. The van der Waals surface area contributed by atoms with Crippen molar-refractivity contribution in [1.29, 1.82) is 0 Å². The molecule has 0 fully saturated rings. The Kier molecular flexibility index (Phi) is 13.5. The molecule has 0 aliphatic rings. The third-order valence-electron chi connectivity index (χ3n) is 5.65. The van der Waals surface area contributed by atoms with E-state index in [1.54, 1.807) is 23.4 Å². The highest BCUT2D eigenvalue weighted by Gasteiger charge is 2.09. The summed E-state index contributed by atoms with van der Waals surface area (Å²) >= 11 is 0. The molecule has 0 aliphatic carbocycles. The molecule has 4 aromatic carbocycles. The highest BCUT2D eigenvalue weighted by atomic mass is 35.5. The second-order valence-electron chi connectivity index (χ2n) is 8.99. The van der Waals surface area contributed by atoms with Crippen LogP contribution in [0.4, 0.5) is 5.69 Å². The molecular weight excluding hydrogens is 534 g/mol. The van der Waals surface area contributed by atoms with E-state index in [2.05, 4.69) is 39.6 Å². The number of carbonyl (C=O) groups excluding carboxylic acids is 1. The van der Waals surface area contributed by atoms with Crippen LogP contribution >= 0.6 is 12.4 Å². The van der Waals surface area contributed by atoms with Crippen molar-refractivity contribution in [2.24, 2.45) is 10.8 Å². The summed E-state index contributed by atoms with van der Waals surface area (Å²) in [6.07, 6.45) is 3.09. The first kappa shape index (κ1) is 32.4. The number of aryl methyl sites for hydroxylation is 2. The number of para-hydroxylation sites is 2. The zero-order chi connectivity index (χ0) is 28.7. The van der Waals surface area contributed by atoms with Gasteiger partial charge in [0.25, 0.3) is 5.91 Å². The van der Waals surface area contributed by atoms with Gasteiger partial charge < -0.3 is 10.3 Å². The van der Waals surface area contributed by atoms with Gasteiger partial charge in [-0.2, -0.15) is 10.1 Å². The molecule has 0 spiro atoms. The van der Waals surface area contributed by atoms with Crippen molar-refractivity contribution in [1.82, 2.24) is 19.7 Å². The van der Waals surface area contributed by atoms with Crippen molar-refractivity contribution in [2.45, 2.75) is 13.8 Å². The van der Waals surface area contributed by atoms with Crippen LogP contribution < -0.4 is 11.3 Å². The Morgan fingerprint density at radius 3 is 1.95 bits per heavy atom. The van der Waals surface area contributed by atoms with Crippen molar-refractivity contribution in [3.8, 4) is 17.1 Å². The molecule has 0 aliphatic heterocycles. The summed E-state index contributed by atoms with van der Waals surface area (Å²) in [5.41, 5.74) is 8.67. The molecule has 0 unspecified atom stereocenters. The Labute approximate surface area is 248 Å². The Hall–Kier alpha value is -4.79. The van der Waals surface area contributed by atoms with Gasteiger partial charge in [0.15, 0.2) is 5.82 Å². The number of benzene rings is 4. The van der Waals surface area contributed by atoms with Crippen LogP contribution in [0.25, 0.3) is 17.1 Å². The van der Waals surface area contributed by atoms with E-state index in [4.69, 9.17) is 5.84 Å². The number of aliphatic imine (C=N–C) groups is 1. The van der Waals surface area contributed by atoms with Crippen LogP contribution in [0, 0.1) is 13.8 Å². The number of amides is 1. The van der Waals surface area contributed by atoms with Crippen LogP contribution in [-0.4, -0.2) is 46.0 Å². The number of nitrogen functional groups attached to an aromatic ring is 1. The molecule has 0 saturated heterocycles. The normalized spacial score (nSPS) is 9.88. The number of aromatic nitrogens is 3. The van der Waals surface area contributed by atoms with E-state index >= 15 is 0 Å². The summed E-state index contributed by atoms with van der Waals surface area (Å²) in [6, 6.07) is 35.1. The average molecular weight is 570 g/mol. The maximum Gasteiger partial charge on any atom is 0.278 e. The second kappa shape index (κ2) is 17.0. The highest BCUT2D eigenvalue weighted by Crippen LogP contribution is 2.21. The van der Waals surface area contributed by atoms with Crippen LogP contribution in [0.5, 0.6) is 0 Å². The molecule has 5 aromatic rings. The number of nitrogens with zero attached hydrogens (tertiary/aromatic N) is 5. The van der Waals surface area contributed by atoms with Gasteiger partial charge in [0, 0.05) is 25.2 Å². The second-order valence-corrected chi connectivity index (χ2v) is 8.99. The van der Waals surface area contributed by atoms with Gasteiger partial charge >= 0.3 is 0 Å². The minimum atomic E-state index is -0.214. The maximum absolute atomic E-state index is 11.3. The zero-order valence-corrected chi connectivity index (χ0v) is 24.5. The molecule has 5 rings (SSSR count). The number of nitrogens with one attached hydrogen (secondary N) is 1. The monoisotopic (exact) mass is 569 g/mol. The van der Waals surface area contributed by atoms with Crippen molar-refractivity contribution in [3.63, 3.8) is 0 Å². The Bertz CT molecular complexity index is 1500. The molecule has 3 N–H and O–H groups in total. The van der Waals surface area contributed by atoms with Crippen molar-refractivity contribution >= 4 is 30.3 Å². The van der Waals surface area contributed by atoms with Gasteiger partial charge in [-0.15, -0.1) is 12.4 Å². The predicted octanol–water partition coefficient (Wildman–Crippen LogP) is 6.36. The van der Waals surface area contributed by atoms with Crippen molar-refractivity contribution in [3.05, 3.63) is 132 Å². The molecule has 1 aromatic heterocycles. The van der Waals surface area contributed by atoms with Gasteiger partial charge in [-0.05, 0) is 49.2 Å². The van der Waals surface area contributed by atoms with Crippen LogP contribution in [0.15, 0.2) is 121 Å². The number of carbonyl (C=O) groups is 1. The smallest absolute Gasteiger partial charge is 0.278 e. The molecule has 41 heavy (non-hydrogen) atoms. The van der Waals surface area contributed by atoms with Gasteiger partial charge in [-0.3, -0.25) is 10.6 Å². The van der Waals surface area contributed by atoms with Gasteiger partial charge in [-0.25, -0.2) is 9.67 Å². The van der Waals surface area contributed by atoms with Crippen LogP contribution in [0.3, 0.4) is 0 Å². The maximum atomic E-state index is 11.3. The molecule has 0 atom stereocenters. The zero-order valence-electron chi connectivity index (χ0n) is 23.7. The number of anilines is 1. The fraction of sp³-hybridized carbons (Fsp3) is 0.125. The predicted molar refractivity (Wildman–Crippen MR) is 171 cm³/mol. The number of hydrogen-bond acceptors (Lipinski definition) is 5. The lowest BCUT2D eigenvalue weighted by molar-refractivity contribution is 0.100. The van der Waals surface area contributed by atoms with Crippen LogP contribution in [0.2, 0.25) is 0 Å². The van der Waals surface area contributed by atoms with E-state index in [0.29, 0.717) is 5.56 Å². The lowest BCUT2D eigenvalue weighted by Gasteiger charge is -2.08. The fourth-order valence-electron chi connectivity index (χ4n) is 3.56. The summed E-state index contributed by atoms with van der Waals surface area (Å²) in [4.78, 5) is 21.2. The first-order chi connectivity index (χ1) is 19.4. The summed E-state index contributed by atoms with van der Waals surface area (Å²) < 4.78 is 1.88. The minimum Gasteiger partial charge on any atom is -0.369 e. The van der Waals surface area contributed by atoms with E-state index in [1.807, 2.05) is 111 Å². The quantitative estimate of drug-likeness (QED) is 0.110. The highest BCUT2D eigenvalue weighted by molar-refractivity contribution is 5.98. The minimum absolute atomic E-state index is 0. The largest absolute Gasteiger partial charge is 0.369 e. The number of hydrogen-bond donors (Lipinski definition) is 2. The topological polar surface area (TPSA) is 101 Å². The van der Waals surface area contributed by atoms with Gasteiger partial charge in [0.05, 0.1) is 17.7 Å². The van der Waals surface area contributed by atoms with E-state index in [0.717, 1.165) is 22.8 Å². The summed E-state index contributed by atoms with van der Waals surface area (Å²) in [5.74, 6) is 5.85. The van der Waals surface area contributed by atoms with Crippen LogP contribution in [-0.2, 0) is 0 Å². The Morgan fingerprint density at radius 1 is 0.829 bits per heavy atom. The molecule has 0 radical (unpaired) electrons. The summed E-state index contributed by atoms with van der Waals surface area (Å²) in [5, 5.41) is 4.33. The van der Waals surface area contributed by atoms with E-state index in [-0.39, 0.29) is 18.3 Å². The molecule has 8 nitrogen and oxygen atoms in total. The third-order valence-corrected chi connectivity index (χ3v) is 5.65. The van der Waals surface area contributed by atoms with Crippen molar-refractivity contribution < 1.29 is 4.79 Å². The first-order valence-corrected chi connectivity index (χ1v) is 12.7. The molecule has 9 heteroatoms. The third kappa shape index (κ3) is 10.0. The number of rotatable bonds is 5. The number of nitrogens with two attached hydrogens (primary N) is 1. The lowest BCUT2D eigenvalue weighted by atomic mass is 10.2. The molecule has 1 amide bonds. The molecule has 212 valence electrons. The molecule has 1 heterocycles. The fourth-order valence-corrected chi connectivity index (χ4v) is 3.56. The number of hydrazine groups is 1. The van der Waals surface area contributed by atoms with Gasteiger partial charge in [0.1, 0.15) is 6.33 Å². The van der Waals surface area contributed by atoms with Gasteiger partial charge in [-0.1, -0.05) is 84.9 Å². The molecule has 0 bridgehead atoms. The van der Waals surface area contributed by atoms with Gasteiger partial charge in [0.2, 0.25) is 0 Å². The van der Waals surface area contributed by atoms with E-state index in [1.165, 1.54) is 17.5 Å². The standard InChI is InChI=1S/C15H13N3.C10H12N2O.C7H10N2.ClH/c1-12-7-5-6-10-14(12)18-15(16-11-17-18)13-8-3-2-4-9-13;1-12(2)8-11-10(13)9-6-4-3-5-7-9;1-6-4-2-3-5-7(6)9-8;/h2-11H,1H3;3-8H,1-2H3;2-5,9H,8H2,1H3;1H. The molecule has 0 saturated carbocycles. The van der Waals surface area contributed by atoms with Crippen LogP contribution in [0.1, 0.15) is 21.5 Å². The average Bonchev–Trinajstić information content (AvgIpc) is 3.48. The lowest BCUT2D eigenvalue weighted by Crippen LogP contribution is -2.09. The number of halogens is 1. The SMILES string of the molecule is CN(C)C=NC(=O)c1ccccc1.Cc1ccccc1-n1ncnc1-c1ccccc1.Cc1ccccc1NN.Cl. The summed E-state index contributed by atoms with van der Waals surface area (Å²) in [6.45, 7) is 4.08. The molecular formula is C32H36ClN7O. The summed E-state index contributed by atoms with van der Waals surface area (Å²) in [7, 11) is 3.64. The first-order valence-electron chi connectivity index (χ1n) is 12.7. The Balaban J connectivity index is 0.000000226. The van der Waals surface area contributed by atoms with E-state index < -0.39 is 0 Å². The van der Waals surface area contributed by atoms with E-state index in [9.17, 15) is 4.79 Å².